The molecule has 0 radical (unpaired) electrons. The van der Waals surface area contributed by atoms with Gasteiger partial charge in [0.1, 0.15) is 12.3 Å². The second kappa shape index (κ2) is 10.3. The monoisotopic (exact) mass is 486 g/mol. The van der Waals surface area contributed by atoms with Crippen LogP contribution >= 0.6 is 11.6 Å². The van der Waals surface area contributed by atoms with Crippen molar-refractivity contribution in [3.8, 4) is 5.75 Å². The number of benzene rings is 3. The fourth-order valence-electron chi connectivity index (χ4n) is 3.65. The lowest BCUT2D eigenvalue weighted by atomic mass is 10.0. The molecule has 0 saturated carbocycles. The summed E-state index contributed by atoms with van der Waals surface area (Å²) in [7, 11) is -2.55. The van der Waals surface area contributed by atoms with Crippen molar-refractivity contribution in [1.29, 1.82) is 0 Å². The molecule has 1 atom stereocenters. The molecule has 0 unspecified atom stereocenters. The van der Waals surface area contributed by atoms with Crippen LogP contribution in [0.3, 0.4) is 0 Å². The number of methoxy groups -OCH3 is 1. The standard InChI is InChI=1S/C25H27ClN2O4S/c1-17-10-12-22(18(2)14-17)19(3)27-25(29)16-28(20-11-13-24(32-4)23(26)15-20)33(30,31)21-8-6-5-7-9-21/h5-15,19H,16H2,1-4H3,(H,27,29)/t19-/m1/s1. The Hall–Kier alpha value is -3.03. The highest BCUT2D eigenvalue weighted by atomic mass is 35.5. The highest BCUT2D eigenvalue weighted by Crippen LogP contribution is 2.32. The summed E-state index contributed by atoms with van der Waals surface area (Å²) in [4.78, 5) is 13.1. The predicted octanol–water partition coefficient (Wildman–Crippen LogP) is 5.04. The van der Waals surface area contributed by atoms with Crippen LogP contribution in [-0.2, 0) is 14.8 Å². The first-order valence-electron chi connectivity index (χ1n) is 10.4. The molecule has 3 aromatic carbocycles. The molecular formula is C25H27ClN2O4S. The van der Waals surface area contributed by atoms with E-state index in [9.17, 15) is 13.2 Å². The zero-order chi connectivity index (χ0) is 24.2. The molecule has 0 aliphatic heterocycles. The van der Waals surface area contributed by atoms with Gasteiger partial charge in [-0.15, -0.1) is 0 Å². The van der Waals surface area contributed by atoms with Gasteiger partial charge in [-0.25, -0.2) is 8.42 Å². The Balaban J connectivity index is 1.92. The van der Waals surface area contributed by atoms with E-state index >= 15 is 0 Å². The van der Waals surface area contributed by atoms with Crippen LogP contribution in [-0.4, -0.2) is 28.0 Å². The molecule has 33 heavy (non-hydrogen) atoms. The minimum atomic E-state index is -4.03. The third-order valence-electron chi connectivity index (χ3n) is 5.31. The van der Waals surface area contributed by atoms with Crippen LogP contribution in [0.25, 0.3) is 0 Å². The van der Waals surface area contributed by atoms with Crippen molar-refractivity contribution in [2.45, 2.75) is 31.7 Å². The molecule has 0 aromatic heterocycles. The summed E-state index contributed by atoms with van der Waals surface area (Å²) in [5, 5.41) is 3.16. The number of nitrogens with zero attached hydrogens (tertiary/aromatic N) is 1. The second-order valence-corrected chi connectivity index (χ2v) is 10.1. The molecule has 0 heterocycles. The van der Waals surface area contributed by atoms with Crippen LogP contribution in [0.5, 0.6) is 5.75 Å². The lowest BCUT2D eigenvalue weighted by Gasteiger charge is -2.26. The van der Waals surface area contributed by atoms with Gasteiger partial charge in [-0.2, -0.15) is 0 Å². The first-order chi connectivity index (χ1) is 15.6. The number of ether oxygens (including phenoxy) is 1. The topological polar surface area (TPSA) is 75.7 Å². The molecule has 3 rings (SSSR count). The summed E-state index contributed by atoms with van der Waals surface area (Å²) >= 11 is 6.25. The van der Waals surface area contributed by atoms with Gasteiger partial charge >= 0.3 is 0 Å². The molecular weight excluding hydrogens is 460 g/mol. The van der Waals surface area contributed by atoms with Crippen molar-refractivity contribution in [1.82, 2.24) is 5.32 Å². The molecule has 0 fully saturated rings. The van der Waals surface area contributed by atoms with Gasteiger partial charge in [0.25, 0.3) is 10.0 Å². The summed E-state index contributed by atoms with van der Waals surface area (Å²) in [6, 6.07) is 18.3. The lowest BCUT2D eigenvalue weighted by Crippen LogP contribution is -2.41. The minimum absolute atomic E-state index is 0.0761. The van der Waals surface area contributed by atoms with E-state index in [1.807, 2.05) is 39.0 Å². The van der Waals surface area contributed by atoms with E-state index < -0.39 is 22.5 Å². The number of carbonyl (C=O) groups excluding carboxylic acids is 1. The lowest BCUT2D eigenvalue weighted by molar-refractivity contribution is -0.120. The Labute approximate surface area is 200 Å². The van der Waals surface area contributed by atoms with Crippen LogP contribution < -0.4 is 14.4 Å². The number of nitrogens with one attached hydrogen (secondary N) is 1. The van der Waals surface area contributed by atoms with E-state index in [1.54, 1.807) is 30.3 Å². The van der Waals surface area contributed by atoms with E-state index in [2.05, 4.69) is 5.32 Å². The maximum Gasteiger partial charge on any atom is 0.264 e. The van der Waals surface area contributed by atoms with Crippen molar-refractivity contribution >= 4 is 33.2 Å². The zero-order valence-electron chi connectivity index (χ0n) is 19.0. The third-order valence-corrected chi connectivity index (χ3v) is 7.39. The number of rotatable bonds is 8. The number of sulfonamides is 1. The molecule has 3 aromatic rings. The van der Waals surface area contributed by atoms with Crippen molar-refractivity contribution < 1.29 is 17.9 Å². The quantitative estimate of drug-likeness (QED) is 0.484. The third kappa shape index (κ3) is 5.67. The molecule has 1 N–H and O–H groups in total. The number of hydrogen-bond acceptors (Lipinski definition) is 4. The Morgan fingerprint density at radius 2 is 1.76 bits per heavy atom. The largest absolute Gasteiger partial charge is 0.495 e. The summed E-state index contributed by atoms with van der Waals surface area (Å²) < 4.78 is 33.1. The molecule has 8 heteroatoms. The van der Waals surface area contributed by atoms with Gasteiger partial charge in [0.15, 0.2) is 0 Å². The number of carbonyl (C=O) groups is 1. The van der Waals surface area contributed by atoms with E-state index in [0.29, 0.717) is 5.75 Å². The summed E-state index contributed by atoms with van der Waals surface area (Å²) in [5.74, 6) is -0.0284. The normalized spacial score (nSPS) is 12.2. The predicted molar refractivity (Wildman–Crippen MR) is 131 cm³/mol. The highest BCUT2D eigenvalue weighted by Gasteiger charge is 2.28. The minimum Gasteiger partial charge on any atom is -0.495 e. The Morgan fingerprint density at radius 3 is 2.36 bits per heavy atom. The van der Waals surface area contributed by atoms with Crippen molar-refractivity contribution in [3.05, 3.63) is 88.4 Å². The summed E-state index contributed by atoms with van der Waals surface area (Å²) in [6.45, 7) is 5.45. The van der Waals surface area contributed by atoms with Crippen LogP contribution in [0.2, 0.25) is 5.02 Å². The van der Waals surface area contributed by atoms with E-state index in [0.717, 1.165) is 21.0 Å². The van der Waals surface area contributed by atoms with E-state index in [4.69, 9.17) is 16.3 Å². The van der Waals surface area contributed by atoms with Gasteiger partial charge < -0.3 is 10.1 Å². The summed E-state index contributed by atoms with van der Waals surface area (Å²) in [5.41, 5.74) is 3.42. The molecule has 0 spiro atoms. The number of amides is 1. The van der Waals surface area contributed by atoms with E-state index in [1.165, 1.54) is 25.3 Å². The van der Waals surface area contributed by atoms with Crippen LogP contribution in [0.4, 0.5) is 5.69 Å². The van der Waals surface area contributed by atoms with Crippen LogP contribution in [0.1, 0.15) is 29.7 Å². The first-order valence-corrected chi connectivity index (χ1v) is 12.2. The number of hydrogen-bond donors (Lipinski definition) is 1. The Morgan fingerprint density at radius 1 is 1.06 bits per heavy atom. The molecule has 0 saturated heterocycles. The maximum absolute atomic E-state index is 13.5. The van der Waals surface area contributed by atoms with Crippen LogP contribution in [0.15, 0.2) is 71.6 Å². The maximum atomic E-state index is 13.5. The second-order valence-electron chi connectivity index (χ2n) is 7.79. The van der Waals surface area contributed by atoms with E-state index in [-0.39, 0.29) is 21.6 Å². The van der Waals surface area contributed by atoms with Gasteiger partial charge in [0.05, 0.1) is 28.8 Å². The number of aryl methyl sites for hydroxylation is 2. The molecule has 0 aliphatic carbocycles. The summed E-state index contributed by atoms with van der Waals surface area (Å²) in [6.07, 6.45) is 0. The Bertz CT molecular complexity index is 1250. The fraction of sp³-hybridized carbons (Fsp3) is 0.240. The molecule has 1 amide bonds. The van der Waals surface area contributed by atoms with Crippen molar-refractivity contribution in [2.75, 3.05) is 18.0 Å². The van der Waals surface area contributed by atoms with Gasteiger partial charge in [-0.1, -0.05) is 53.6 Å². The molecule has 0 bridgehead atoms. The SMILES string of the molecule is COc1ccc(N(CC(=O)N[C@H](C)c2ccc(C)cc2C)S(=O)(=O)c2ccccc2)cc1Cl. The molecule has 174 valence electrons. The van der Waals surface area contributed by atoms with Gasteiger partial charge in [-0.3, -0.25) is 9.10 Å². The van der Waals surface area contributed by atoms with Crippen molar-refractivity contribution in [3.63, 3.8) is 0 Å². The van der Waals surface area contributed by atoms with Crippen LogP contribution in [0, 0.1) is 13.8 Å². The highest BCUT2D eigenvalue weighted by molar-refractivity contribution is 7.92. The van der Waals surface area contributed by atoms with Crippen molar-refractivity contribution in [2.24, 2.45) is 0 Å². The average molecular weight is 487 g/mol. The number of anilines is 1. The molecule has 0 aliphatic rings. The Kier molecular flexibility index (Phi) is 7.66. The zero-order valence-corrected chi connectivity index (χ0v) is 20.6. The van der Waals surface area contributed by atoms with Gasteiger partial charge in [-0.05, 0) is 62.2 Å². The number of halogens is 1. The average Bonchev–Trinajstić information content (AvgIpc) is 2.77. The van der Waals surface area contributed by atoms with Gasteiger partial charge in [0.2, 0.25) is 5.91 Å². The fourth-order valence-corrected chi connectivity index (χ4v) is 5.34. The molecule has 6 nitrogen and oxygen atoms in total. The smallest absolute Gasteiger partial charge is 0.264 e. The van der Waals surface area contributed by atoms with Gasteiger partial charge in [0, 0.05) is 0 Å². The first kappa shape index (κ1) is 24.6.